The zero-order chi connectivity index (χ0) is 20.3. The van der Waals surface area contributed by atoms with Crippen molar-refractivity contribution in [3.8, 4) is 0 Å². The largest absolute Gasteiger partial charge is 0.370 e. The van der Waals surface area contributed by atoms with Gasteiger partial charge in [0.2, 0.25) is 0 Å². The molecule has 0 spiro atoms. The van der Waals surface area contributed by atoms with Crippen molar-refractivity contribution in [2.75, 3.05) is 18.0 Å². The molecular formula is C23H30N2O2S. The minimum Gasteiger partial charge on any atom is -0.370 e. The topological polar surface area (TPSA) is 42.3 Å². The Balaban J connectivity index is 2.36. The molecule has 3 aromatic rings. The number of benzene rings is 2. The lowest BCUT2D eigenvalue weighted by molar-refractivity contribution is 0.586. The van der Waals surface area contributed by atoms with Crippen LogP contribution in [0, 0.1) is 6.92 Å². The first-order valence-corrected chi connectivity index (χ1v) is 11.6. The molecule has 2 aromatic carbocycles. The van der Waals surface area contributed by atoms with Crippen LogP contribution in [-0.2, 0) is 16.4 Å². The minimum absolute atomic E-state index is 0.336. The number of unbranched alkanes of at least 4 members (excludes halogenated alkanes) is 1. The Morgan fingerprint density at radius 2 is 1.57 bits per heavy atom. The van der Waals surface area contributed by atoms with Crippen LogP contribution in [0.25, 0.3) is 10.9 Å². The molecule has 0 aliphatic carbocycles. The Hall–Kier alpha value is -2.27. The lowest BCUT2D eigenvalue weighted by atomic mass is 10.1. The highest BCUT2D eigenvalue weighted by molar-refractivity contribution is 7.90. The molecule has 28 heavy (non-hydrogen) atoms. The van der Waals surface area contributed by atoms with Crippen LogP contribution >= 0.6 is 0 Å². The Morgan fingerprint density at radius 3 is 2.18 bits per heavy atom. The highest BCUT2D eigenvalue weighted by atomic mass is 32.2. The number of hydrogen-bond donors (Lipinski definition) is 0. The van der Waals surface area contributed by atoms with E-state index in [2.05, 4.69) is 25.7 Å². The third-order valence-corrected chi connectivity index (χ3v) is 7.07. The summed E-state index contributed by atoms with van der Waals surface area (Å²) in [7, 11) is -3.68. The van der Waals surface area contributed by atoms with E-state index in [4.69, 9.17) is 0 Å². The standard InChI is InChI=1S/C23H30N2O2S/c1-5-8-12-22-23(24(6-2)7-3)20-11-9-10-13-21(20)25(22)28(26,27)19-16-14-18(4)15-17-19/h9-11,13-17H,5-8,12H2,1-4H3. The maximum absolute atomic E-state index is 13.7. The molecule has 0 fully saturated rings. The Kier molecular flexibility index (Phi) is 6.14. The zero-order valence-corrected chi connectivity index (χ0v) is 18.1. The molecule has 3 rings (SSSR count). The van der Waals surface area contributed by atoms with Crippen molar-refractivity contribution in [1.82, 2.24) is 3.97 Å². The number of para-hydroxylation sites is 1. The van der Waals surface area contributed by atoms with Gasteiger partial charge in [-0.15, -0.1) is 0 Å². The van der Waals surface area contributed by atoms with Gasteiger partial charge in [-0.25, -0.2) is 12.4 Å². The summed E-state index contributed by atoms with van der Waals surface area (Å²) < 4.78 is 29.0. The molecule has 0 saturated carbocycles. The van der Waals surface area contributed by atoms with Crippen molar-refractivity contribution < 1.29 is 8.42 Å². The highest BCUT2D eigenvalue weighted by Gasteiger charge is 2.28. The van der Waals surface area contributed by atoms with Gasteiger partial charge in [0.15, 0.2) is 0 Å². The number of fused-ring (bicyclic) bond motifs is 1. The van der Waals surface area contributed by atoms with E-state index >= 15 is 0 Å². The van der Waals surface area contributed by atoms with Crippen molar-refractivity contribution in [3.63, 3.8) is 0 Å². The molecule has 1 aromatic heterocycles. The van der Waals surface area contributed by atoms with Gasteiger partial charge in [-0.2, -0.15) is 0 Å². The molecule has 0 N–H and O–H groups in total. The Morgan fingerprint density at radius 1 is 0.929 bits per heavy atom. The molecule has 0 atom stereocenters. The van der Waals surface area contributed by atoms with Crippen LogP contribution in [0.3, 0.4) is 0 Å². The van der Waals surface area contributed by atoms with Crippen molar-refractivity contribution in [2.24, 2.45) is 0 Å². The fourth-order valence-electron chi connectivity index (χ4n) is 3.80. The fraction of sp³-hybridized carbons (Fsp3) is 0.391. The first-order valence-electron chi connectivity index (χ1n) is 10.1. The number of nitrogens with zero attached hydrogens (tertiary/aromatic N) is 2. The number of aryl methyl sites for hydroxylation is 1. The smallest absolute Gasteiger partial charge is 0.268 e. The van der Waals surface area contributed by atoms with Crippen molar-refractivity contribution in [2.45, 2.75) is 51.9 Å². The summed E-state index contributed by atoms with van der Waals surface area (Å²) in [5, 5.41) is 1.01. The quantitative estimate of drug-likeness (QED) is 0.512. The molecule has 0 unspecified atom stereocenters. The Bertz CT molecular complexity index is 1050. The van der Waals surface area contributed by atoms with E-state index in [-0.39, 0.29) is 0 Å². The number of anilines is 1. The van der Waals surface area contributed by atoms with E-state index in [1.807, 2.05) is 43.3 Å². The maximum Gasteiger partial charge on any atom is 0.268 e. The lowest BCUT2D eigenvalue weighted by Crippen LogP contribution is -2.24. The van der Waals surface area contributed by atoms with Crippen LogP contribution in [-0.4, -0.2) is 25.5 Å². The van der Waals surface area contributed by atoms with Gasteiger partial charge in [0.25, 0.3) is 10.0 Å². The van der Waals surface area contributed by atoms with Crippen LogP contribution in [0.2, 0.25) is 0 Å². The van der Waals surface area contributed by atoms with Gasteiger partial charge in [0, 0.05) is 18.5 Å². The average molecular weight is 399 g/mol. The average Bonchev–Trinajstić information content (AvgIpc) is 3.03. The summed E-state index contributed by atoms with van der Waals surface area (Å²) in [5.74, 6) is 0. The number of rotatable bonds is 8. The third kappa shape index (κ3) is 3.55. The SMILES string of the molecule is CCCCc1c(N(CC)CC)c2ccccc2n1S(=O)(=O)c1ccc(C)cc1. The van der Waals surface area contributed by atoms with Crippen molar-refractivity contribution in [1.29, 1.82) is 0 Å². The predicted molar refractivity (Wildman–Crippen MR) is 118 cm³/mol. The van der Waals surface area contributed by atoms with Gasteiger partial charge in [-0.05, 0) is 51.8 Å². The molecule has 0 radical (unpaired) electrons. The second kappa shape index (κ2) is 8.39. The maximum atomic E-state index is 13.7. The third-order valence-electron chi connectivity index (χ3n) is 5.30. The fourth-order valence-corrected chi connectivity index (χ4v) is 5.37. The normalized spacial score (nSPS) is 11.9. The van der Waals surface area contributed by atoms with E-state index in [0.29, 0.717) is 4.90 Å². The van der Waals surface area contributed by atoms with E-state index < -0.39 is 10.0 Å². The van der Waals surface area contributed by atoms with Crippen LogP contribution in [0.15, 0.2) is 53.4 Å². The molecule has 0 saturated heterocycles. The number of hydrogen-bond acceptors (Lipinski definition) is 3. The molecule has 0 amide bonds. The highest BCUT2D eigenvalue weighted by Crippen LogP contribution is 2.37. The summed E-state index contributed by atoms with van der Waals surface area (Å²) in [4.78, 5) is 2.61. The minimum atomic E-state index is -3.68. The van der Waals surface area contributed by atoms with Gasteiger partial charge in [0.05, 0.1) is 21.8 Å². The second-order valence-electron chi connectivity index (χ2n) is 7.17. The summed E-state index contributed by atoms with van der Waals surface area (Å²) in [5.41, 5.74) is 3.76. The Labute approximate surface area is 168 Å². The van der Waals surface area contributed by atoms with E-state index in [1.165, 1.54) is 0 Å². The first kappa shape index (κ1) is 20.5. The number of aromatic nitrogens is 1. The first-order chi connectivity index (χ1) is 13.5. The van der Waals surface area contributed by atoms with Gasteiger partial charge in [-0.1, -0.05) is 49.2 Å². The van der Waals surface area contributed by atoms with Crippen LogP contribution in [0.5, 0.6) is 0 Å². The monoisotopic (exact) mass is 398 g/mol. The van der Waals surface area contributed by atoms with Gasteiger partial charge in [-0.3, -0.25) is 0 Å². The summed E-state index contributed by atoms with van der Waals surface area (Å²) in [6, 6.07) is 15.0. The molecular weight excluding hydrogens is 368 g/mol. The van der Waals surface area contributed by atoms with Gasteiger partial charge >= 0.3 is 0 Å². The summed E-state index contributed by atoms with van der Waals surface area (Å²) >= 11 is 0. The molecule has 1 heterocycles. The summed E-state index contributed by atoms with van der Waals surface area (Å²) in [6.07, 6.45) is 2.71. The van der Waals surface area contributed by atoms with Crippen molar-refractivity contribution >= 4 is 26.6 Å². The van der Waals surface area contributed by atoms with Gasteiger partial charge < -0.3 is 4.90 Å². The van der Waals surface area contributed by atoms with E-state index in [1.54, 1.807) is 16.1 Å². The molecule has 4 nitrogen and oxygen atoms in total. The molecule has 5 heteroatoms. The predicted octanol–water partition coefficient (Wildman–Crippen LogP) is 5.38. The van der Waals surface area contributed by atoms with Gasteiger partial charge in [0.1, 0.15) is 0 Å². The molecule has 150 valence electrons. The van der Waals surface area contributed by atoms with Crippen molar-refractivity contribution in [3.05, 3.63) is 59.8 Å². The molecule has 0 bridgehead atoms. The summed E-state index contributed by atoms with van der Waals surface area (Å²) in [6.45, 7) is 10.0. The van der Waals surface area contributed by atoms with Crippen LogP contribution < -0.4 is 4.90 Å². The van der Waals surface area contributed by atoms with E-state index in [9.17, 15) is 8.42 Å². The van der Waals surface area contributed by atoms with Crippen LogP contribution in [0.4, 0.5) is 5.69 Å². The molecule has 0 aliphatic rings. The zero-order valence-electron chi connectivity index (χ0n) is 17.3. The second-order valence-corrected chi connectivity index (χ2v) is 8.96. The van der Waals surface area contributed by atoms with Crippen LogP contribution in [0.1, 0.15) is 44.9 Å². The lowest BCUT2D eigenvalue weighted by Gasteiger charge is -2.23. The van der Waals surface area contributed by atoms with E-state index in [0.717, 1.165) is 60.2 Å². The molecule has 0 aliphatic heterocycles.